The number of halogens is 6. The van der Waals surface area contributed by atoms with Crippen LogP contribution in [0.5, 0.6) is 0 Å². The van der Waals surface area contributed by atoms with Crippen LogP contribution in [0.4, 0.5) is 26.3 Å². The van der Waals surface area contributed by atoms with E-state index in [1.165, 1.54) is 24.3 Å². The van der Waals surface area contributed by atoms with Crippen LogP contribution < -0.4 is 0 Å². The topological polar surface area (TPSA) is 74.6 Å². The van der Waals surface area contributed by atoms with Crippen molar-refractivity contribution in [2.24, 2.45) is 46.3 Å². The highest BCUT2D eigenvalue weighted by atomic mass is 32.2. The van der Waals surface area contributed by atoms with Crippen molar-refractivity contribution >= 4 is 9.84 Å². The van der Waals surface area contributed by atoms with Gasteiger partial charge in [0.1, 0.15) is 0 Å². The van der Waals surface area contributed by atoms with E-state index in [-0.39, 0.29) is 58.7 Å². The molecule has 4 saturated carbocycles. The summed E-state index contributed by atoms with van der Waals surface area (Å²) < 4.78 is 109. The summed E-state index contributed by atoms with van der Waals surface area (Å²) in [6, 6.07) is 7.44. The maximum Gasteiger partial charge on any atom is 0.417 e. The van der Waals surface area contributed by atoms with Crippen LogP contribution in [0, 0.1) is 46.3 Å². The lowest BCUT2D eigenvalue weighted by molar-refractivity contribution is -0.290. The zero-order valence-corrected chi connectivity index (χ0v) is 26.5. The summed E-state index contributed by atoms with van der Waals surface area (Å²) in [7, 11) is -4.15. The molecule has 250 valence electrons. The van der Waals surface area contributed by atoms with Gasteiger partial charge in [0, 0.05) is 0 Å². The van der Waals surface area contributed by atoms with Gasteiger partial charge in [-0.1, -0.05) is 39.0 Å². The van der Waals surface area contributed by atoms with Gasteiger partial charge >= 0.3 is 12.4 Å². The molecule has 4 aliphatic carbocycles. The van der Waals surface area contributed by atoms with Gasteiger partial charge in [-0.3, -0.25) is 0 Å². The van der Waals surface area contributed by atoms with Crippen LogP contribution in [0.1, 0.15) is 91.4 Å². The third-order valence-corrected chi connectivity index (χ3v) is 15.2. The summed E-state index contributed by atoms with van der Waals surface area (Å²) in [5, 5.41) is 19.0. The largest absolute Gasteiger partial charge is 0.417 e. The minimum absolute atomic E-state index is 0.00124. The molecule has 0 radical (unpaired) electrons. The van der Waals surface area contributed by atoms with Gasteiger partial charge in [-0.2, -0.15) is 26.3 Å². The lowest BCUT2D eigenvalue weighted by Gasteiger charge is -2.62. The van der Waals surface area contributed by atoms with Crippen LogP contribution in [-0.2, 0) is 9.84 Å². The standard InChI is InChI=1S/C33H46F6O4S/c1-20(17-23(18-28(40)32(34,35)36)44(42,43)22-7-5-4-6-8-22)25-11-12-26-24-10-9-21-19-31(41,33(37,38)39)16-15-29(21,2)27(24)13-14-30(25,26)3/h4-8,20-21,23-28,40-41H,9-19H2,1-3H3/t20-,21+,23?,24+,25-,26+,27?,28+,29+,30-,31+/m1/s1. The molecular formula is C33H46F6O4S. The molecule has 2 unspecified atom stereocenters. The van der Waals surface area contributed by atoms with E-state index in [0.717, 1.165) is 32.1 Å². The number of fused-ring (bicyclic) bond motifs is 5. The molecule has 44 heavy (non-hydrogen) atoms. The van der Waals surface area contributed by atoms with Gasteiger partial charge in [0.05, 0.1) is 10.1 Å². The molecule has 1 aromatic rings. The summed E-state index contributed by atoms with van der Waals surface area (Å²) in [6.45, 7) is 6.27. The van der Waals surface area contributed by atoms with Crippen molar-refractivity contribution < 1.29 is 45.0 Å². The second-order valence-electron chi connectivity index (χ2n) is 15.1. The fraction of sp³-hybridized carbons (Fsp3) is 0.818. The number of aliphatic hydroxyl groups excluding tert-OH is 1. The highest BCUT2D eigenvalue weighted by Gasteiger charge is 2.65. The second-order valence-corrected chi connectivity index (χ2v) is 17.3. The summed E-state index contributed by atoms with van der Waals surface area (Å²) in [5.41, 5.74) is -3.07. The second kappa shape index (κ2) is 11.4. The number of hydrogen-bond donors (Lipinski definition) is 2. The third-order valence-electron chi connectivity index (χ3n) is 13.0. The Bertz CT molecular complexity index is 1290. The van der Waals surface area contributed by atoms with Gasteiger partial charge in [-0.25, -0.2) is 8.42 Å². The summed E-state index contributed by atoms with van der Waals surface area (Å²) in [5.74, 6) is 0.541. The van der Waals surface area contributed by atoms with Gasteiger partial charge in [0.15, 0.2) is 21.5 Å². The molecule has 2 N–H and O–H groups in total. The van der Waals surface area contributed by atoms with Crippen molar-refractivity contribution in [1.29, 1.82) is 0 Å². The normalized spacial score (nSPS) is 39.9. The predicted molar refractivity (Wildman–Crippen MR) is 154 cm³/mol. The van der Waals surface area contributed by atoms with Gasteiger partial charge in [0.25, 0.3) is 0 Å². The van der Waals surface area contributed by atoms with Crippen LogP contribution in [0.15, 0.2) is 35.2 Å². The summed E-state index contributed by atoms with van der Waals surface area (Å²) in [4.78, 5) is -0.0579. The molecule has 0 saturated heterocycles. The first-order chi connectivity index (χ1) is 20.2. The van der Waals surface area contributed by atoms with Crippen LogP contribution in [-0.4, -0.2) is 47.9 Å². The Labute approximate surface area is 256 Å². The molecular weight excluding hydrogens is 606 g/mol. The van der Waals surface area contributed by atoms with E-state index in [0.29, 0.717) is 24.7 Å². The Hall–Kier alpha value is -1.33. The number of aliphatic hydroxyl groups is 2. The minimum Gasteiger partial charge on any atom is -0.384 e. The lowest BCUT2D eigenvalue weighted by Crippen LogP contribution is -2.59. The Balaban J connectivity index is 1.35. The van der Waals surface area contributed by atoms with Crippen molar-refractivity contribution in [3.05, 3.63) is 30.3 Å². The van der Waals surface area contributed by atoms with Crippen molar-refractivity contribution in [3.8, 4) is 0 Å². The fourth-order valence-corrected chi connectivity index (χ4v) is 12.5. The van der Waals surface area contributed by atoms with E-state index in [1.54, 1.807) is 6.07 Å². The summed E-state index contributed by atoms with van der Waals surface area (Å²) >= 11 is 0. The van der Waals surface area contributed by atoms with E-state index in [1.807, 2.05) is 6.92 Å². The monoisotopic (exact) mass is 652 g/mol. The van der Waals surface area contributed by atoms with Crippen LogP contribution in [0.2, 0.25) is 0 Å². The van der Waals surface area contributed by atoms with Crippen LogP contribution in [0.25, 0.3) is 0 Å². The Morgan fingerprint density at radius 2 is 1.50 bits per heavy atom. The van der Waals surface area contributed by atoms with Crippen molar-refractivity contribution in [2.75, 3.05) is 0 Å². The first-order valence-electron chi connectivity index (χ1n) is 16.1. The van der Waals surface area contributed by atoms with Gasteiger partial charge in [-0.05, 0) is 129 Å². The molecule has 0 aromatic heterocycles. The molecule has 0 amide bonds. The Morgan fingerprint density at radius 3 is 2.11 bits per heavy atom. The highest BCUT2D eigenvalue weighted by Crippen LogP contribution is 2.69. The average molecular weight is 653 g/mol. The fourth-order valence-electron chi connectivity index (χ4n) is 10.6. The number of benzene rings is 1. The lowest BCUT2D eigenvalue weighted by atomic mass is 9.43. The van der Waals surface area contributed by atoms with E-state index < -0.39 is 45.6 Å². The number of sulfone groups is 1. The minimum atomic E-state index is -4.93. The molecule has 1 aromatic carbocycles. The molecule has 0 bridgehead atoms. The molecule has 0 aliphatic heterocycles. The predicted octanol–water partition coefficient (Wildman–Crippen LogP) is 8.12. The number of rotatable bonds is 7. The molecule has 4 aliphatic rings. The van der Waals surface area contributed by atoms with Gasteiger partial charge in [-0.15, -0.1) is 0 Å². The van der Waals surface area contributed by atoms with Crippen LogP contribution >= 0.6 is 0 Å². The highest BCUT2D eigenvalue weighted by molar-refractivity contribution is 7.92. The molecule has 0 spiro atoms. The van der Waals surface area contributed by atoms with Crippen molar-refractivity contribution in [3.63, 3.8) is 0 Å². The summed E-state index contributed by atoms with van der Waals surface area (Å²) in [6.07, 6.45) is -8.62. The molecule has 11 heteroatoms. The maximum absolute atomic E-state index is 13.7. The zero-order chi connectivity index (χ0) is 32.5. The molecule has 11 atom stereocenters. The van der Waals surface area contributed by atoms with E-state index in [4.69, 9.17) is 0 Å². The number of hydrogen-bond acceptors (Lipinski definition) is 4. The van der Waals surface area contributed by atoms with E-state index >= 15 is 0 Å². The smallest absolute Gasteiger partial charge is 0.384 e. The van der Waals surface area contributed by atoms with E-state index in [9.17, 15) is 45.0 Å². The Kier molecular flexibility index (Phi) is 8.83. The SMILES string of the molecule is C[C@H](CC(C[C@H](O)C(F)(F)F)S(=O)(=O)c1ccccc1)[C@H]1CC[C@H]2[C@@H]3CC[C@H]4C[C@](O)(C(F)(F)F)CC[C@]4(C)C3CC[C@]12C. The van der Waals surface area contributed by atoms with Crippen molar-refractivity contribution in [2.45, 2.75) is 126 Å². The molecule has 4 nitrogen and oxygen atoms in total. The third kappa shape index (κ3) is 5.73. The van der Waals surface area contributed by atoms with Gasteiger partial charge in [0.2, 0.25) is 0 Å². The maximum atomic E-state index is 13.7. The molecule has 0 heterocycles. The van der Waals surface area contributed by atoms with Gasteiger partial charge < -0.3 is 10.2 Å². The quantitative estimate of drug-likeness (QED) is 0.292. The molecule has 5 rings (SSSR count). The Morgan fingerprint density at radius 1 is 0.864 bits per heavy atom. The average Bonchev–Trinajstić information content (AvgIpc) is 3.29. The van der Waals surface area contributed by atoms with Crippen molar-refractivity contribution in [1.82, 2.24) is 0 Å². The number of alkyl halides is 6. The first-order valence-corrected chi connectivity index (χ1v) is 17.6. The zero-order valence-electron chi connectivity index (χ0n) is 25.7. The molecule has 4 fully saturated rings. The van der Waals surface area contributed by atoms with Crippen LogP contribution in [0.3, 0.4) is 0 Å². The van der Waals surface area contributed by atoms with E-state index in [2.05, 4.69) is 13.8 Å². The first kappa shape index (κ1) is 34.0.